The Labute approximate surface area is 207 Å². The van der Waals surface area contributed by atoms with E-state index in [4.69, 9.17) is 9.47 Å². The predicted octanol–water partition coefficient (Wildman–Crippen LogP) is 3.95. The number of halogens is 1. The molecule has 0 saturated heterocycles. The number of hydrogen-bond donors (Lipinski definition) is 1. The third-order valence-electron chi connectivity index (χ3n) is 5.97. The summed E-state index contributed by atoms with van der Waals surface area (Å²) < 4.78 is 36.5. The number of fused-ring (bicyclic) bond motifs is 1. The topological polar surface area (TPSA) is 102 Å². The minimum atomic E-state index is -3.45. The first-order valence-electron chi connectivity index (χ1n) is 11.0. The summed E-state index contributed by atoms with van der Waals surface area (Å²) in [5, 5.41) is 2.89. The van der Waals surface area contributed by atoms with E-state index in [1.165, 1.54) is 7.11 Å². The molecule has 0 radical (unpaired) electrons. The fourth-order valence-corrected chi connectivity index (χ4v) is 5.57. The monoisotopic (exact) mass is 550 g/mol. The summed E-state index contributed by atoms with van der Waals surface area (Å²) in [5.41, 5.74) is 2.18. The smallest absolute Gasteiger partial charge is 0.257 e. The second kappa shape index (κ2) is 9.58. The number of anilines is 1. The lowest BCUT2D eigenvalue weighted by Crippen LogP contribution is -2.34. The first kappa shape index (κ1) is 24.5. The van der Waals surface area contributed by atoms with Gasteiger partial charge in [0.25, 0.3) is 5.91 Å². The Morgan fingerprint density at radius 1 is 1.24 bits per heavy atom. The summed E-state index contributed by atoms with van der Waals surface area (Å²) in [6.07, 6.45) is 2.85. The number of rotatable bonds is 9. The second-order valence-electron chi connectivity index (χ2n) is 8.60. The van der Waals surface area contributed by atoms with E-state index in [2.05, 4.69) is 21.2 Å². The second-order valence-corrected chi connectivity index (χ2v) is 11.6. The van der Waals surface area contributed by atoms with Gasteiger partial charge in [-0.2, -0.15) is 0 Å². The molecule has 1 saturated carbocycles. The van der Waals surface area contributed by atoms with Gasteiger partial charge in [-0.3, -0.25) is 9.59 Å². The Morgan fingerprint density at radius 3 is 2.59 bits per heavy atom. The van der Waals surface area contributed by atoms with Gasteiger partial charge in [-0.1, -0.05) is 22.0 Å². The van der Waals surface area contributed by atoms with Gasteiger partial charge in [-0.15, -0.1) is 0 Å². The molecule has 1 aliphatic heterocycles. The van der Waals surface area contributed by atoms with Crippen molar-refractivity contribution >= 4 is 43.3 Å². The molecule has 34 heavy (non-hydrogen) atoms. The van der Waals surface area contributed by atoms with Crippen LogP contribution in [0.4, 0.5) is 5.69 Å². The molecule has 2 aliphatic rings. The lowest BCUT2D eigenvalue weighted by atomic mass is 10.1. The average Bonchev–Trinajstić information content (AvgIpc) is 3.57. The maximum atomic E-state index is 13.7. The van der Waals surface area contributed by atoms with Gasteiger partial charge in [0.2, 0.25) is 5.91 Å². The van der Waals surface area contributed by atoms with E-state index in [0.29, 0.717) is 34.9 Å². The molecule has 1 heterocycles. The van der Waals surface area contributed by atoms with Gasteiger partial charge in [0.1, 0.15) is 9.84 Å². The molecular weight excluding hydrogens is 524 g/mol. The highest BCUT2D eigenvalue weighted by Gasteiger charge is 2.39. The third kappa shape index (κ3) is 5.07. The molecular formula is C24H27BrN2O6S. The fourth-order valence-electron chi connectivity index (χ4n) is 4.16. The van der Waals surface area contributed by atoms with Crippen LogP contribution in [0.15, 0.2) is 34.8 Å². The fraction of sp³-hybridized carbons (Fsp3) is 0.417. The van der Waals surface area contributed by atoms with Gasteiger partial charge in [0, 0.05) is 28.8 Å². The summed E-state index contributed by atoms with van der Waals surface area (Å²) >= 11 is 3.52. The predicted molar refractivity (Wildman–Crippen MR) is 132 cm³/mol. The first-order valence-corrected chi connectivity index (χ1v) is 13.9. The summed E-state index contributed by atoms with van der Waals surface area (Å²) in [6, 6.07) is 7.93. The van der Waals surface area contributed by atoms with Gasteiger partial charge in [-0.05, 0) is 49.6 Å². The molecule has 0 spiro atoms. The number of nitrogens with zero attached hydrogens (tertiary/aromatic N) is 1. The van der Waals surface area contributed by atoms with Gasteiger partial charge in [0.05, 0.1) is 36.8 Å². The number of hydrogen-bond acceptors (Lipinski definition) is 6. The van der Waals surface area contributed by atoms with Crippen molar-refractivity contribution < 1.29 is 27.5 Å². The Balaban J connectivity index is 1.74. The Kier molecular flexibility index (Phi) is 6.91. The van der Waals surface area contributed by atoms with Crippen LogP contribution in [0, 0.1) is 5.92 Å². The van der Waals surface area contributed by atoms with Crippen LogP contribution < -0.4 is 14.8 Å². The van der Waals surface area contributed by atoms with Crippen LogP contribution >= 0.6 is 15.9 Å². The summed E-state index contributed by atoms with van der Waals surface area (Å²) in [5.74, 6) is 0.300. The number of amides is 2. The first-order chi connectivity index (χ1) is 16.1. The third-order valence-corrected chi connectivity index (χ3v) is 7.64. The van der Waals surface area contributed by atoms with Crippen LogP contribution in [0.2, 0.25) is 0 Å². The van der Waals surface area contributed by atoms with E-state index in [0.717, 1.165) is 29.1 Å². The van der Waals surface area contributed by atoms with E-state index in [1.807, 2.05) is 6.92 Å². The Hall–Kier alpha value is -2.59. The average molecular weight is 551 g/mol. The van der Waals surface area contributed by atoms with E-state index < -0.39 is 15.9 Å². The highest BCUT2D eigenvalue weighted by molar-refractivity contribution is 9.10. The number of ether oxygens (including phenoxy) is 2. The van der Waals surface area contributed by atoms with Crippen LogP contribution in [-0.2, 0) is 21.2 Å². The lowest BCUT2D eigenvalue weighted by molar-refractivity contribution is -0.117. The number of carbonyl (C=O) groups is 2. The number of methoxy groups -OCH3 is 1. The molecule has 1 N–H and O–H groups in total. The van der Waals surface area contributed by atoms with E-state index in [-0.39, 0.29) is 30.0 Å². The molecule has 1 aliphatic carbocycles. The minimum Gasteiger partial charge on any atom is -0.493 e. The standard InChI is InChI=1S/C24H27BrN2O6S/c1-4-33-21-11-15(7-10-20(21)32-2)19(13-34(3,30)31)27-12-16-17(25)8-9-18(22(16)24(27)29)26-23(28)14-5-6-14/h7-11,14,19H,4-6,12-13H2,1-3H3,(H,26,28). The van der Waals surface area contributed by atoms with Gasteiger partial charge < -0.3 is 19.7 Å². The van der Waals surface area contributed by atoms with E-state index >= 15 is 0 Å². The van der Waals surface area contributed by atoms with Gasteiger partial charge in [0.15, 0.2) is 11.5 Å². The van der Waals surface area contributed by atoms with Crippen molar-refractivity contribution in [3.8, 4) is 11.5 Å². The number of sulfone groups is 1. The van der Waals surface area contributed by atoms with Crippen molar-refractivity contribution in [2.45, 2.75) is 32.4 Å². The molecule has 2 aromatic rings. The lowest BCUT2D eigenvalue weighted by Gasteiger charge is -2.28. The molecule has 182 valence electrons. The molecule has 1 fully saturated rings. The van der Waals surface area contributed by atoms with E-state index in [9.17, 15) is 18.0 Å². The van der Waals surface area contributed by atoms with Crippen molar-refractivity contribution in [3.63, 3.8) is 0 Å². The van der Waals surface area contributed by atoms with Crippen LogP contribution in [0.1, 0.15) is 47.3 Å². The zero-order valence-electron chi connectivity index (χ0n) is 19.3. The highest BCUT2D eigenvalue weighted by atomic mass is 79.9. The quantitative estimate of drug-likeness (QED) is 0.507. The van der Waals surface area contributed by atoms with Gasteiger partial charge in [-0.25, -0.2) is 8.42 Å². The van der Waals surface area contributed by atoms with Crippen LogP contribution in [0.5, 0.6) is 11.5 Å². The van der Waals surface area contributed by atoms with Crippen LogP contribution in [0.3, 0.4) is 0 Å². The van der Waals surface area contributed by atoms with Crippen molar-refractivity contribution in [3.05, 3.63) is 51.5 Å². The maximum Gasteiger partial charge on any atom is 0.257 e. The summed E-state index contributed by atoms with van der Waals surface area (Å²) in [4.78, 5) is 27.6. The largest absolute Gasteiger partial charge is 0.493 e. The van der Waals surface area contributed by atoms with Gasteiger partial charge >= 0.3 is 0 Å². The molecule has 8 nitrogen and oxygen atoms in total. The van der Waals surface area contributed by atoms with Crippen LogP contribution in [0.25, 0.3) is 0 Å². The molecule has 0 bridgehead atoms. The maximum absolute atomic E-state index is 13.7. The molecule has 4 rings (SSSR count). The molecule has 10 heteroatoms. The van der Waals surface area contributed by atoms with Crippen molar-refractivity contribution in [1.82, 2.24) is 4.90 Å². The van der Waals surface area contributed by atoms with Crippen molar-refractivity contribution in [2.75, 3.05) is 31.0 Å². The highest BCUT2D eigenvalue weighted by Crippen LogP contribution is 2.41. The molecule has 1 atom stereocenters. The molecule has 2 aromatic carbocycles. The molecule has 0 aromatic heterocycles. The molecule has 1 unspecified atom stereocenters. The Bertz CT molecular complexity index is 1240. The van der Waals surface area contributed by atoms with Crippen LogP contribution in [-0.4, -0.2) is 50.9 Å². The Morgan fingerprint density at radius 2 is 1.97 bits per heavy atom. The normalized spacial score (nSPS) is 16.2. The van der Waals surface area contributed by atoms with Crippen molar-refractivity contribution in [2.24, 2.45) is 5.92 Å². The zero-order valence-corrected chi connectivity index (χ0v) is 21.7. The minimum absolute atomic E-state index is 0.0128. The SMILES string of the molecule is CCOc1cc(C(CS(C)(=O)=O)N2Cc3c(Br)ccc(NC(=O)C4CC4)c3C2=O)ccc1OC. The number of nitrogens with one attached hydrogen (secondary N) is 1. The number of carbonyl (C=O) groups excluding carboxylic acids is 2. The van der Waals surface area contributed by atoms with E-state index in [1.54, 1.807) is 35.2 Å². The summed E-state index contributed by atoms with van der Waals surface area (Å²) in [7, 11) is -1.92. The van der Waals surface area contributed by atoms with Crippen molar-refractivity contribution in [1.29, 1.82) is 0 Å². The number of benzene rings is 2. The zero-order chi connectivity index (χ0) is 24.6. The molecule has 2 amide bonds. The summed E-state index contributed by atoms with van der Waals surface area (Å²) in [6.45, 7) is 2.45.